The summed E-state index contributed by atoms with van der Waals surface area (Å²) in [4.78, 5) is 16.7. The van der Waals surface area contributed by atoms with E-state index in [-0.39, 0.29) is 24.2 Å². The number of aromatic nitrogens is 2. The Kier molecular flexibility index (Phi) is 5.82. The Morgan fingerprint density at radius 1 is 1.30 bits per heavy atom. The number of carbonyl (C=O) groups is 1. The van der Waals surface area contributed by atoms with E-state index in [0.717, 1.165) is 26.9 Å². The second-order valence-electron chi connectivity index (χ2n) is 6.32. The van der Waals surface area contributed by atoms with Crippen LogP contribution in [-0.4, -0.2) is 16.0 Å². The van der Waals surface area contributed by atoms with Crippen LogP contribution in [0.15, 0.2) is 28.1 Å². The van der Waals surface area contributed by atoms with Crippen molar-refractivity contribution in [2.24, 2.45) is 0 Å². The molecule has 0 spiro atoms. The van der Waals surface area contributed by atoms with E-state index in [9.17, 15) is 4.79 Å². The molecule has 0 saturated heterocycles. The number of rotatable bonds is 6. The lowest BCUT2D eigenvalue weighted by atomic mass is 10.1. The van der Waals surface area contributed by atoms with Crippen LogP contribution in [0, 0.1) is 20.8 Å². The minimum atomic E-state index is -0.318. The van der Waals surface area contributed by atoms with Crippen molar-refractivity contribution < 1.29 is 14.1 Å². The molecule has 142 valence electrons. The molecule has 0 aliphatic heterocycles. The number of aryl methyl sites for hydroxylation is 3. The molecule has 1 N–H and O–H groups in total. The van der Waals surface area contributed by atoms with E-state index in [0.29, 0.717) is 11.5 Å². The summed E-state index contributed by atoms with van der Waals surface area (Å²) in [5.41, 5.74) is 2.91. The highest BCUT2D eigenvalue weighted by atomic mass is 35.5. The Balaban J connectivity index is 1.60. The zero-order valence-electron chi connectivity index (χ0n) is 15.5. The minimum Gasteiger partial charge on any atom is -0.486 e. The molecule has 0 aliphatic rings. The molecule has 0 bridgehead atoms. The maximum absolute atomic E-state index is 12.3. The van der Waals surface area contributed by atoms with Gasteiger partial charge in [0.1, 0.15) is 12.4 Å². The standard InChI is InChI=1S/C19H20ClN3O3S/c1-10-5-14(6-11(2)18(10)20)25-8-15-7-16(23-26-15)19(24)21-12(3)17-9-27-13(4)22-17/h5-7,9,12H,8H2,1-4H3,(H,21,24). The second kappa shape index (κ2) is 8.10. The van der Waals surface area contributed by atoms with Crippen molar-refractivity contribution in [2.45, 2.75) is 40.3 Å². The van der Waals surface area contributed by atoms with Crippen LogP contribution < -0.4 is 10.1 Å². The summed E-state index contributed by atoms with van der Waals surface area (Å²) in [6.45, 7) is 7.81. The summed E-state index contributed by atoms with van der Waals surface area (Å²) in [6, 6.07) is 5.08. The predicted molar refractivity (Wildman–Crippen MR) is 104 cm³/mol. The number of amides is 1. The Labute approximate surface area is 166 Å². The largest absolute Gasteiger partial charge is 0.486 e. The number of ether oxygens (including phenoxy) is 1. The van der Waals surface area contributed by atoms with Gasteiger partial charge in [-0.05, 0) is 51.0 Å². The van der Waals surface area contributed by atoms with E-state index < -0.39 is 0 Å². The maximum Gasteiger partial charge on any atom is 0.274 e. The summed E-state index contributed by atoms with van der Waals surface area (Å²) in [6.07, 6.45) is 0. The SMILES string of the molecule is Cc1nc(C(C)NC(=O)c2cc(COc3cc(C)c(Cl)c(C)c3)on2)cs1. The lowest BCUT2D eigenvalue weighted by molar-refractivity contribution is 0.0929. The molecule has 1 unspecified atom stereocenters. The molecule has 0 fully saturated rings. The highest BCUT2D eigenvalue weighted by Gasteiger charge is 2.17. The lowest BCUT2D eigenvalue weighted by Gasteiger charge is -2.09. The van der Waals surface area contributed by atoms with Crippen molar-refractivity contribution in [1.82, 2.24) is 15.5 Å². The van der Waals surface area contributed by atoms with E-state index in [4.69, 9.17) is 20.9 Å². The topological polar surface area (TPSA) is 77.2 Å². The van der Waals surface area contributed by atoms with E-state index in [1.165, 1.54) is 0 Å². The number of carbonyl (C=O) groups excluding carboxylic acids is 1. The first-order chi connectivity index (χ1) is 12.8. The van der Waals surface area contributed by atoms with Crippen LogP contribution in [0.3, 0.4) is 0 Å². The van der Waals surface area contributed by atoms with E-state index >= 15 is 0 Å². The van der Waals surface area contributed by atoms with Crippen LogP contribution in [-0.2, 0) is 6.61 Å². The molecule has 6 nitrogen and oxygen atoms in total. The first kappa shape index (κ1) is 19.4. The molecule has 1 amide bonds. The Morgan fingerprint density at radius 2 is 2.00 bits per heavy atom. The highest BCUT2D eigenvalue weighted by Crippen LogP contribution is 2.26. The fourth-order valence-corrected chi connectivity index (χ4v) is 3.37. The molecule has 0 radical (unpaired) electrons. The number of nitrogens with zero attached hydrogens (tertiary/aromatic N) is 2. The third-order valence-corrected chi connectivity index (χ3v) is 5.40. The van der Waals surface area contributed by atoms with Gasteiger partial charge in [0.15, 0.2) is 11.5 Å². The lowest BCUT2D eigenvalue weighted by Crippen LogP contribution is -2.27. The first-order valence-corrected chi connectivity index (χ1v) is 9.67. The monoisotopic (exact) mass is 405 g/mol. The van der Waals surface area contributed by atoms with Crippen molar-refractivity contribution in [3.8, 4) is 5.75 Å². The molecule has 0 aliphatic carbocycles. The summed E-state index contributed by atoms with van der Waals surface area (Å²) < 4.78 is 10.9. The van der Waals surface area contributed by atoms with Crippen LogP contribution in [0.4, 0.5) is 0 Å². The van der Waals surface area contributed by atoms with Crippen LogP contribution in [0.1, 0.15) is 51.0 Å². The number of hydrogen-bond donors (Lipinski definition) is 1. The first-order valence-electron chi connectivity index (χ1n) is 8.41. The molecule has 0 saturated carbocycles. The van der Waals surface area contributed by atoms with Gasteiger partial charge in [0.05, 0.1) is 16.7 Å². The number of thiazole rings is 1. The van der Waals surface area contributed by atoms with Crippen LogP contribution in [0.25, 0.3) is 0 Å². The zero-order valence-corrected chi connectivity index (χ0v) is 17.1. The number of benzene rings is 1. The van der Waals surface area contributed by atoms with Crippen molar-refractivity contribution in [2.75, 3.05) is 0 Å². The van der Waals surface area contributed by atoms with Gasteiger partial charge in [-0.1, -0.05) is 16.8 Å². The minimum absolute atomic E-state index is 0.168. The van der Waals surface area contributed by atoms with Gasteiger partial charge in [0, 0.05) is 16.5 Å². The van der Waals surface area contributed by atoms with Gasteiger partial charge in [-0.15, -0.1) is 11.3 Å². The molecule has 3 aromatic rings. The van der Waals surface area contributed by atoms with Gasteiger partial charge in [-0.25, -0.2) is 4.98 Å². The highest BCUT2D eigenvalue weighted by molar-refractivity contribution is 7.09. The Hall–Kier alpha value is -2.38. The normalized spacial score (nSPS) is 12.0. The van der Waals surface area contributed by atoms with Gasteiger partial charge in [-0.3, -0.25) is 4.79 Å². The van der Waals surface area contributed by atoms with Crippen molar-refractivity contribution in [3.63, 3.8) is 0 Å². The molecule has 1 aromatic carbocycles. The molecule has 27 heavy (non-hydrogen) atoms. The second-order valence-corrected chi connectivity index (χ2v) is 7.76. The fraction of sp³-hybridized carbons (Fsp3) is 0.316. The Bertz CT molecular complexity index is 944. The predicted octanol–water partition coefficient (Wildman–Crippen LogP) is 4.78. The van der Waals surface area contributed by atoms with Crippen molar-refractivity contribution in [1.29, 1.82) is 0 Å². The maximum atomic E-state index is 12.3. The van der Waals surface area contributed by atoms with Crippen molar-refractivity contribution in [3.05, 3.63) is 61.9 Å². The zero-order chi connectivity index (χ0) is 19.6. The van der Waals surface area contributed by atoms with Gasteiger partial charge < -0.3 is 14.6 Å². The third kappa shape index (κ3) is 4.67. The molecule has 1 atom stereocenters. The Morgan fingerprint density at radius 3 is 2.63 bits per heavy atom. The molecular weight excluding hydrogens is 386 g/mol. The van der Waals surface area contributed by atoms with Crippen LogP contribution in [0.5, 0.6) is 5.75 Å². The molecule has 2 aromatic heterocycles. The average Bonchev–Trinajstić information content (AvgIpc) is 3.26. The van der Waals surface area contributed by atoms with Gasteiger partial charge in [-0.2, -0.15) is 0 Å². The summed E-state index contributed by atoms with van der Waals surface area (Å²) in [5, 5.41) is 10.3. The van der Waals surface area contributed by atoms with Gasteiger partial charge in [0.25, 0.3) is 5.91 Å². The molecule has 8 heteroatoms. The third-order valence-electron chi connectivity index (χ3n) is 4.01. The summed E-state index contributed by atoms with van der Waals surface area (Å²) >= 11 is 7.71. The number of nitrogens with one attached hydrogen (secondary N) is 1. The van der Waals surface area contributed by atoms with E-state index in [1.807, 2.05) is 45.2 Å². The number of halogens is 1. The summed E-state index contributed by atoms with van der Waals surface area (Å²) in [5.74, 6) is 0.827. The van der Waals surface area contributed by atoms with Crippen LogP contribution in [0.2, 0.25) is 5.02 Å². The smallest absolute Gasteiger partial charge is 0.274 e. The van der Waals surface area contributed by atoms with Crippen LogP contribution >= 0.6 is 22.9 Å². The molecule has 2 heterocycles. The quantitative estimate of drug-likeness (QED) is 0.638. The summed E-state index contributed by atoms with van der Waals surface area (Å²) in [7, 11) is 0. The van der Waals surface area contributed by atoms with Crippen molar-refractivity contribution >= 4 is 28.8 Å². The van der Waals surface area contributed by atoms with Gasteiger partial charge >= 0.3 is 0 Å². The molecule has 3 rings (SSSR count). The molecular formula is C19H20ClN3O3S. The number of hydrogen-bond acceptors (Lipinski definition) is 6. The average molecular weight is 406 g/mol. The van der Waals surface area contributed by atoms with E-state index in [2.05, 4.69) is 15.5 Å². The van der Waals surface area contributed by atoms with Gasteiger partial charge in [0.2, 0.25) is 0 Å². The van der Waals surface area contributed by atoms with E-state index in [1.54, 1.807) is 17.4 Å². The fourth-order valence-electron chi connectivity index (χ4n) is 2.56.